The highest BCUT2D eigenvalue weighted by Gasteiger charge is 2.35. The number of hydrogen-bond acceptors (Lipinski definition) is 6. The summed E-state index contributed by atoms with van der Waals surface area (Å²) in [6, 6.07) is 18.4. The number of hydrogen-bond donors (Lipinski definition) is 1. The Hall–Kier alpha value is -2.65. The Morgan fingerprint density at radius 3 is 2.58 bits per heavy atom. The summed E-state index contributed by atoms with van der Waals surface area (Å²) in [5.74, 6) is -0.550. The Balaban J connectivity index is 1.61. The van der Waals surface area contributed by atoms with E-state index >= 15 is 0 Å². The first-order chi connectivity index (χ1) is 15.0. The van der Waals surface area contributed by atoms with Crippen LogP contribution in [-0.2, 0) is 9.59 Å². The van der Waals surface area contributed by atoms with Gasteiger partial charge in [-0.25, -0.2) is 4.90 Å². The number of carbonyl (C=O) groups excluding carboxylic acids is 2. The van der Waals surface area contributed by atoms with Crippen molar-refractivity contribution in [2.24, 2.45) is 0 Å². The Labute approximate surface area is 197 Å². The van der Waals surface area contributed by atoms with E-state index < -0.39 is 11.8 Å². The summed E-state index contributed by atoms with van der Waals surface area (Å²) in [6.07, 6.45) is 1.58. The number of amides is 2. The van der Waals surface area contributed by atoms with Crippen LogP contribution in [0.4, 0.5) is 5.69 Å². The summed E-state index contributed by atoms with van der Waals surface area (Å²) in [5.41, 5.74) is 0.473. The third-order valence-corrected chi connectivity index (χ3v) is 7.06. The minimum Gasteiger partial charge on any atom is -0.495 e. The van der Waals surface area contributed by atoms with Crippen molar-refractivity contribution in [1.82, 2.24) is 5.32 Å². The molecule has 1 fully saturated rings. The number of thiophene rings is 1. The van der Waals surface area contributed by atoms with Crippen LogP contribution < -0.4 is 15.0 Å². The Kier molecular flexibility index (Phi) is 6.43. The van der Waals surface area contributed by atoms with E-state index in [4.69, 9.17) is 28.6 Å². The van der Waals surface area contributed by atoms with Crippen molar-refractivity contribution < 1.29 is 14.3 Å². The van der Waals surface area contributed by atoms with Crippen LogP contribution in [0.3, 0.4) is 0 Å². The van der Waals surface area contributed by atoms with Crippen molar-refractivity contribution in [3.63, 3.8) is 0 Å². The van der Waals surface area contributed by atoms with E-state index in [-0.39, 0.29) is 10.7 Å². The number of halogens is 1. The van der Waals surface area contributed by atoms with E-state index in [1.165, 1.54) is 23.3 Å². The average molecular weight is 487 g/mol. The fraction of sp³-hybridized carbons (Fsp3) is 0.0455. The van der Waals surface area contributed by atoms with Crippen molar-refractivity contribution in [2.75, 3.05) is 12.0 Å². The number of carbonyl (C=O) groups is 2. The zero-order valence-electron chi connectivity index (χ0n) is 16.1. The average Bonchev–Trinajstić information content (AvgIpc) is 3.20. The molecule has 2 heterocycles. The number of para-hydroxylation sites is 2. The molecule has 0 spiro atoms. The number of ether oxygens (including phenoxy) is 1. The molecular weight excluding hydrogens is 472 g/mol. The van der Waals surface area contributed by atoms with E-state index in [0.717, 1.165) is 14.0 Å². The topological polar surface area (TPSA) is 58.6 Å². The first-order valence-corrected chi connectivity index (χ1v) is 11.5. The Morgan fingerprint density at radius 1 is 1.10 bits per heavy atom. The lowest BCUT2D eigenvalue weighted by Crippen LogP contribution is -2.54. The molecule has 1 aliphatic rings. The molecule has 0 saturated carbocycles. The number of nitrogens with zero attached hydrogens (tertiary/aromatic N) is 1. The van der Waals surface area contributed by atoms with Crippen LogP contribution in [0.5, 0.6) is 5.75 Å². The largest absolute Gasteiger partial charge is 0.495 e. The summed E-state index contributed by atoms with van der Waals surface area (Å²) >= 11 is 14.3. The van der Waals surface area contributed by atoms with Gasteiger partial charge >= 0.3 is 0 Å². The lowest BCUT2D eigenvalue weighted by atomic mass is 10.1. The smallest absolute Gasteiger partial charge is 0.270 e. The lowest BCUT2D eigenvalue weighted by molar-refractivity contribution is -0.122. The van der Waals surface area contributed by atoms with Gasteiger partial charge in [-0.1, -0.05) is 35.5 Å². The van der Waals surface area contributed by atoms with Gasteiger partial charge in [0, 0.05) is 14.8 Å². The zero-order valence-corrected chi connectivity index (χ0v) is 19.3. The van der Waals surface area contributed by atoms with Gasteiger partial charge in [0.05, 0.1) is 17.0 Å². The van der Waals surface area contributed by atoms with Gasteiger partial charge in [0.15, 0.2) is 5.11 Å². The molecule has 0 radical (unpaired) electrons. The molecule has 2 amide bonds. The number of methoxy groups -OCH3 is 1. The van der Waals surface area contributed by atoms with Crippen LogP contribution in [0.15, 0.2) is 75.3 Å². The highest BCUT2D eigenvalue weighted by atomic mass is 35.5. The van der Waals surface area contributed by atoms with Crippen LogP contribution in [-0.4, -0.2) is 24.0 Å². The van der Waals surface area contributed by atoms with Gasteiger partial charge in [0.2, 0.25) is 0 Å². The van der Waals surface area contributed by atoms with Crippen LogP contribution in [0.1, 0.15) is 4.88 Å². The third kappa shape index (κ3) is 4.67. The second kappa shape index (κ2) is 9.23. The molecule has 1 N–H and O–H groups in total. The molecule has 5 nitrogen and oxygen atoms in total. The molecule has 1 aromatic heterocycles. The summed E-state index contributed by atoms with van der Waals surface area (Å²) in [4.78, 5) is 28.8. The lowest BCUT2D eigenvalue weighted by Gasteiger charge is -2.29. The standard InChI is InChI=1S/C22H15ClN2O3S3/c1-28-18-5-3-2-4-17(18)25-21(27)16(20(26)24-22(25)29)12-15-10-11-19(31-15)30-14-8-6-13(23)7-9-14/h2-12H,1H3,(H,24,26,29)/b16-12+. The van der Waals surface area contributed by atoms with E-state index in [1.54, 1.807) is 42.1 Å². The minimum absolute atomic E-state index is 0.00407. The van der Waals surface area contributed by atoms with Crippen LogP contribution in [0, 0.1) is 0 Å². The molecule has 0 atom stereocenters. The number of benzene rings is 2. The summed E-state index contributed by atoms with van der Waals surface area (Å²) < 4.78 is 6.37. The van der Waals surface area contributed by atoms with Gasteiger partial charge in [-0.3, -0.25) is 14.9 Å². The predicted octanol–water partition coefficient (Wildman–Crippen LogP) is 5.39. The molecule has 9 heteroatoms. The van der Waals surface area contributed by atoms with Gasteiger partial charge in [-0.15, -0.1) is 11.3 Å². The van der Waals surface area contributed by atoms with Gasteiger partial charge in [-0.05, 0) is 66.8 Å². The Morgan fingerprint density at radius 2 is 1.84 bits per heavy atom. The molecule has 0 unspecified atom stereocenters. The van der Waals surface area contributed by atoms with Gasteiger partial charge in [0.1, 0.15) is 11.3 Å². The molecular formula is C22H15ClN2O3S3. The fourth-order valence-electron chi connectivity index (χ4n) is 2.92. The SMILES string of the molecule is COc1ccccc1N1C(=O)/C(=C/c2ccc(Sc3ccc(Cl)cc3)s2)C(=O)NC1=S. The predicted molar refractivity (Wildman–Crippen MR) is 129 cm³/mol. The summed E-state index contributed by atoms with van der Waals surface area (Å²) in [7, 11) is 1.51. The van der Waals surface area contributed by atoms with Crippen molar-refractivity contribution in [3.05, 3.63) is 76.1 Å². The monoisotopic (exact) mass is 486 g/mol. The maximum atomic E-state index is 13.2. The fourth-order valence-corrected chi connectivity index (χ4v) is 5.38. The Bertz CT molecular complexity index is 1200. The quantitative estimate of drug-likeness (QED) is 0.297. The normalized spacial score (nSPS) is 15.4. The molecule has 0 bridgehead atoms. The van der Waals surface area contributed by atoms with Gasteiger partial charge in [0.25, 0.3) is 11.8 Å². The summed E-state index contributed by atoms with van der Waals surface area (Å²) in [6.45, 7) is 0. The van der Waals surface area contributed by atoms with E-state index in [9.17, 15) is 9.59 Å². The molecule has 156 valence electrons. The van der Waals surface area contributed by atoms with E-state index in [2.05, 4.69) is 5.32 Å². The number of rotatable bonds is 5. The number of nitrogens with one attached hydrogen (secondary N) is 1. The zero-order chi connectivity index (χ0) is 22.0. The summed E-state index contributed by atoms with van der Waals surface area (Å²) in [5, 5.41) is 3.29. The van der Waals surface area contributed by atoms with Crippen molar-refractivity contribution in [3.8, 4) is 5.75 Å². The van der Waals surface area contributed by atoms with Crippen molar-refractivity contribution >= 4 is 75.6 Å². The maximum Gasteiger partial charge on any atom is 0.270 e. The third-order valence-electron chi connectivity index (χ3n) is 4.35. The van der Waals surface area contributed by atoms with Gasteiger partial charge < -0.3 is 4.74 Å². The molecule has 4 rings (SSSR count). The highest BCUT2D eigenvalue weighted by molar-refractivity contribution is 8.01. The second-order valence-corrected chi connectivity index (χ2v) is 9.65. The first kappa shape index (κ1) is 21.6. The molecule has 31 heavy (non-hydrogen) atoms. The first-order valence-electron chi connectivity index (χ1n) is 9.04. The van der Waals surface area contributed by atoms with Crippen LogP contribution in [0.25, 0.3) is 6.08 Å². The minimum atomic E-state index is -0.526. The maximum absolute atomic E-state index is 13.2. The van der Waals surface area contributed by atoms with Crippen LogP contribution >= 0.6 is 46.9 Å². The van der Waals surface area contributed by atoms with E-state index in [0.29, 0.717) is 16.5 Å². The molecule has 3 aromatic rings. The number of anilines is 1. The van der Waals surface area contributed by atoms with Gasteiger partial charge in [-0.2, -0.15) is 0 Å². The van der Waals surface area contributed by atoms with Crippen molar-refractivity contribution in [1.29, 1.82) is 0 Å². The number of thiocarbonyl (C=S) groups is 1. The molecule has 1 saturated heterocycles. The van der Waals surface area contributed by atoms with Crippen molar-refractivity contribution in [2.45, 2.75) is 9.10 Å². The highest BCUT2D eigenvalue weighted by Crippen LogP contribution is 2.35. The second-order valence-electron chi connectivity index (χ2n) is 6.34. The molecule has 1 aliphatic heterocycles. The molecule has 2 aromatic carbocycles. The molecule has 0 aliphatic carbocycles. The van der Waals surface area contributed by atoms with Crippen LogP contribution in [0.2, 0.25) is 5.02 Å². The van der Waals surface area contributed by atoms with E-state index in [1.807, 2.05) is 36.4 Å².